The van der Waals surface area contributed by atoms with Gasteiger partial charge in [-0.2, -0.15) is 5.10 Å². The van der Waals surface area contributed by atoms with Crippen LogP contribution in [0.3, 0.4) is 0 Å². The van der Waals surface area contributed by atoms with Gasteiger partial charge in [-0.15, -0.1) is 0 Å². The molecule has 3 N–H and O–H groups in total. The lowest BCUT2D eigenvalue weighted by Crippen LogP contribution is -2.24. The van der Waals surface area contributed by atoms with E-state index in [0.29, 0.717) is 25.3 Å². The molecular weight excluding hydrogens is 242 g/mol. The van der Waals surface area contributed by atoms with Crippen LogP contribution in [0.25, 0.3) is 0 Å². The van der Waals surface area contributed by atoms with Crippen LogP contribution in [-0.2, 0) is 6.54 Å². The predicted molar refractivity (Wildman–Crippen MR) is 74.1 cm³/mol. The van der Waals surface area contributed by atoms with Crippen molar-refractivity contribution in [2.24, 2.45) is 5.73 Å². The number of rotatable bonds is 5. The predicted octanol–water partition coefficient (Wildman–Crippen LogP) is 0.366. The normalized spacial score (nSPS) is 10.4. The fourth-order valence-corrected chi connectivity index (χ4v) is 1.69. The van der Waals surface area contributed by atoms with Crippen molar-refractivity contribution in [3.63, 3.8) is 0 Å². The van der Waals surface area contributed by atoms with E-state index in [1.54, 1.807) is 12.4 Å². The molecule has 0 aliphatic carbocycles. The van der Waals surface area contributed by atoms with E-state index in [-0.39, 0.29) is 5.56 Å². The first-order valence-electron chi connectivity index (χ1n) is 6.12. The van der Waals surface area contributed by atoms with Crippen LogP contribution < -0.4 is 16.6 Å². The first kappa shape index (κ1) is 13.2. The SMILES string of the molecule is Cc1cccnc1Cn1ncc(NCCN)cc1=O. The summed E-state index contributed by atoms with van der Waals surface area (Å²) >= 11 is 0. The number of aryl methyl sites for hydroxylation is 1. The third-order valence-corrected chi connectivity index (χ3v) is 2.76. The number of nitrogens with one attached hydrogen (secondary N) is 1. The topological polar surface area (TPSA) is 85.8 Å². The van der Waals surface area contributed by atoms with Crippen molar-refractivity contribution < 1.29 is 0 Å². The molecule has 0 fully saturated rings. The summed E-state index contributed by atoms with van der Waals surface area (Å²) in [6.07, 6.45) is 3.33. The van der Waals surface area contributed by atoms with Gasteiger partial charge in [-0.1, -0.05) is 6.07 Å². The quantitative estimate of drug-likeness (QED) is 0.810. The van der Waals surface area contributed by atoms with Gasteiger partial charge in [0.15, 0.2) is 0 Å². The highest BCUT2D eigenvalue weighted by Crippen LogP contribution is 2.04. The zero-order valence-electron chi connectivity index (χ0n) is 10.8. The van der Waals surface area contributed by atoms with Gasteiger partial charge in [-0.05, 0) is 18.6 Å². The third-order valence-electron chi connectivity index (χ3n) is 2.76. The van der Waals surface area contributed by atoms with E-state index in [1.807, 2.05) is 19.1 Å². The Kier molecular flexibility index (Phi) is 4.25. The van der Waals surface area contributed by atoms with Crippen molar-refractivity contribution in [2.75, 3.05) is 18.4 Å². The Morgan fingerprint density at radius 3 is 3.00 bits per heavy atom. The first-order valence-corrected chi connectivity index (χ1v) is 6.12. The summed E-state index contributed by atoms with van der Waals surface area (Å²) < 4.78 is 1.39. The Morgan fingerprint density at radius 2 is 2.32 bits per heavy atom. The summed E-state index contributed by atoms with van der Waals surface area (Å²) in [7, 11) is 0. The number of aromatic nitrogens is 3. The molecule has 2 aromatic heterocycles. The fraction of sp³-hybridized carbons (Fsp3) is 0.308. The van der Waals surface area contributed by atoms with E-state index in [9.17, 15) is 4.79 Å². The van der Waals surface area contributed by atoms with Crippen molar-refractivity contribution in [2.45, 2.75) is 13.5 Å². The second-order valence-corrected chi connectivity index (χ2v) is 4.22. The Morgan fingerprint density at radius 1 is 1.47 bits per heavy atom. The number of hydrogen-bond donors (Lipinski definition) is 2. The van der Waals surface area contributed by atoms with E-state index in [2.05, 4.69) is 15.4 Å². The number of nitrogens with two attached hydrogens (primary N) is 1. The Hall–Kier alpha value is -2.21. The van der Waals surface area contributed by atoms with E-state index in [1.165, 1.54) is 10.7 Å². The molecule has 0 atom stereocenters. The molecule has 0 saturated heterocycles. The van der Waals surface area contributed by atoms with Gasteiger partial charge >= 0.3 is 0 Å². The molecule has 0 aliphatic heterocycles. The van der Waals surface area contributed by atoms with Crippen LogP contribution in [0.15, 0.2) is 35.4 Å². The monoisotopic (exact) mass is 259 g/mol. The fourth-order valence-electron chi connectivity index (χ4n) is 1.69. The minimum absolute atomic E-state index is 0.160. The molecule has 0 spiro atoms. The van der Waals surface area contributed by atoms with E-state index in [0.717, 1.165) is 11.3 Å². The first-order chi connectivity index (χ1) is 9.20. The minimum Gasteiger partial charge on any atom is -0.382 e. The van der Waals surface area contributed by atoms with Gasteiger partial charge in [-0.25, -0.2) is 4.68 Å². The summed E-state index contributed by atoms with van der Waals surface area (Å²) in [6.45, 7) is 3.47. The molecule has 19 heavy (non-hydrogen) atoms. The molecular formula is C13H17N5O. The highest BCUT2D eigenvalue weighted by atomic mass is 16.1. The van der Waals surface area contributed by atoms with Gasteiger partial charge in [0.25, 0.3) is 5.56 Å². The average molecular weight is 259 g/mol. The molecule has 0 bridgehead atoms. The van der Waals surface area contributed by atoms with Crippen molar-refractivity contribution in [3.05, 3.63) is 52.2 Å². The largest absolute Gasteiger partial charge is 0.382 e. The van der Waals surface area contributed by atoms with Crippen LogP contribution in [0, 0.1) is 6.92 Å². The van der Waals surface area contributed by atoms with Crippen LogP contribution in [0.4, 0.5) is 5.69 Å². The molecule has 2 rings (SSSR count). The molecule has 0 unspecified atom stereocenters. The van der Waals surface area contributed by atoms with Crippen molar-refractivity contribution >= 4 is 5.69 Å². The summed E-state index contributed by atoms with van der Waals surface area (Å²) in [5.74, 6) is 0. The molecule has 0 amide bonds. The maximum atomic E-state index is 11.9. The minimum atomic E-state index is -0.160. The third kappa shape index (κ3) is 3.38. The summed E-state index contributed by atoms with van der Waals surface area (Å²) in [5, 5.41) is 7.15. The van der Waals surface area contributed by atoms with E-state index >= 15 is 0 Å². The van der Waals surface area contributed by atoms with Gasteiger partial charge in [0.05, 0.1) is 24.1 Å². The lowest BCUT2D eigenvalue weighted by atomic mass is 10.2. The lowest BCUT2D eigenvalue weighted by Gasteiger charge is -2.08. The Balaban J connectivity index is 2.18. The van der Waals surface area contributed by atoms with E-state index in [4.69, 9.17) is 5.73 Å². The van der Waals surface area contributed by atoms with Gasteiger partial charge in [-0.3, -0.25) is 9.78 Å². The van der Waals surface area contributed by atoms with Crippen LogP contribution in [0.2, 0.25) is 0 Å². The van der Waals surface area contributed by atoms with Crippen LogP contribution in [-0.4, -0.2) is 27.9 Å². The van der Waals surface area contributed by atoms with Gasteiger partial charge in [0.1, 0.15) is 0 Å². The van der Waals surface area contributed by atoms with Gasteiger partial charge < -0.3 is 11.1 Å². The molecule has 0 radical (unpaired) electrons. The second-order valence-electron chi connectivity index (χ2n) is 4.22. The summed E-state index contributed by atoms with van der Waals surface area (Å²) in [5.41, 5.74) is 7.80. The van der Waals surface area contributed by atoms with Crippen molar-refractivity contribution in [1.82, 2.24) is 14.8 Å². The molecule has 0 saturated carbocycles. The standard InChI is InChI=1S/C13H17N5O/c1-10-3-2-5-16-12(10)9-18-13(19)7-11(8-17-18)15-6-4-14/h2-3,5,7-8,15H,4,6,9,14H2,1H3. The smallest absolute Gasteiger partial charge is 0.269 e. The zero-order valence-corrected chi connectivity index (χ0v) is 10.8. The van der Waals surface area contributed by atoms with E-state index < -0.39 is 0 Å². The van der Waals surface area contributed by atoms with Gasteiger partial charge in [0, 0.05) is 25.4 Å². The highest BCUT2D eigenvalue weighted by Gasteiger charge is 2.04. The molecule has 0 aromatic carbocycles. The zero-order chi connectivity index (χ0) is 13.7. The molecule has 2 heterocycles. The van der Waals surface area contributed by atoms with Crippen LogP contribution >= 0.6 is 0 Å². The average Bonchev–Trinajstić information content (AvgIpc) is 2.41. The summed E-state index contributed by atoms with van der Waals surface area (Å²) in [4.78, 5) is 16.2. The molecule has 100 valence electrons. The van der Waals surface area contributed by atoms with Crippen molar-refractivity contribution in [1.29, 1.82) is 0 Å². The maximum absolute atomic E-state index is 11.9. The van der Waals surface area contributed by atoms with Crippen molar-refractivity contribution in [3.8, 4) is 0 Å². The molecule has 0 aliphatic rings. The molecule has 2 aromatic rings. The summed E-state index contributed by atoms with van der Waals surface area (Å²) in [6, 6.07) is 5.35. The second kappa shape index (κ2) is 6.10. The van der Waals surface area contributed by atoms with Crippen LogP contribution in [0.5, 0.6) is 0 Å². The Bertz CT molecular complexity index is 608. The number of anilines is 1. The number of nitrogens with zero attached hydrogens (tertiary/aromatic N) is 3. The molecule has 6 nitrogen and oxygen atoms in total. The van der Waals surface area contributed by atoms with Gasteiger partial charge in [0.2, 0.25) is 0 Å². The number of hydrogen-bond acceptors (Lipinski definition) is 5. The number of pyridine rings is 1. The highest BCUT2D eigenvalue weighted by molar-refractivity contribution is 5.38. The molecule has 6 heteroatoms. The maximum Gasteiger partial charge on any atom is 0.269 e. The lowest BCUT2D eigenvalue weighted by molar-refractivity contribution is 0.626. The Labute approximate surface area is 111 Å². The van der Waals surface area contributed by atoms with Crippen LogP contribution in [0.1, 0.15) is 11.3 Å².